The van der Waals surface area contributed by atoms with Crippen LogP contribution in [0.3, 0.4) is 0 Å². The maximum Gasteiger partial charge on any atom is 0.417 e. The highest BCUT2D eigenvalue weighted by Gasteiger charge is 2.47. The number of imide groups is 1. The summed E-state index contributed by atoms with van der Waals surface area (Å²) in [5.74, 6) is -0.227. The first-order valence-corrected chi connectivity index (χ1v) is 16.0. The fraction of sp³-hybridized carbons (Fsp3) is 0.533. The average Bonchev–Trinajstić information content (AvgIpc) is 3.21. The zero-order chi connectivity index (χ0) is 27.8. The first-order chi connectivity index (χ1) is 17.1. The predicted octanol–water partition coefficient (Wildman–Crippen LogP) is 6.94. The fourth-order valence-corrected chi connectivity index (χ4v) is 5.18. The smallest absolute Gasteiger partial charge is 0.417 e. The van der Waals surface area contributed by atoms with E-state index in [0.29, 0.717) is 0 Å². The van der Waals surface area contributed by atoms with Crippen molar-refractivity contribution >= 4 is 37.2 Å². The number of hydrogen-bond acceptors (Lipinski definition) is 5. The van der Waals surface area contributed by atoms with E-state index in [2.05, 4.69) is 33.9 Å². The van der Waals surface area contributed by atoms with Crippen molar-refractivity contribution in [2.45, 2.75) is 78.7 Å². The van der Waals surface area contributed by atoms with Crippen LogP contribution in [0.4, 0.5) is 4.79 Å². The van der Waals surface area contributed by atoms with Crippen LogP contribution in [0.15, 0.2) is 42.5 Å². The molecule has 202 valence electrons. The molecule has 0 bridgehead atoms. The molecule has 0 aliphatic carbocycles. The highest BCUT2D eigenvalue weighted by atomic mass is 28.4. The molecule has 7 heteroatoms. The van der Waals surface area contributed by atoms with Gasteiger partial charge in [0.15, 0.2) is 8.32 Å². The first kappa shape index (κ1) is 29.1. The van der Waals surface area contributed by atoms with Crippen LogP contribution in [0.1, 0.15) is 65.7 Å². The number of rotatable bonds is 8. The van der Waals surface area contributed by atoms with Crippen LogP contribution in [-0.2, 0) is 14.0 Å². The second-order valence-corrected chi connectivity index (χ2v) is 17.2. The topological polar surface area (TPSA) is 76.1 Å². The molecule has 37 heavy (non-hydrogen) atoms. The van der Waals surface area contributed by atoms with Crippen molar-refractivity contribution in [3.8, 4) is 0 Å². The SMILES string of the molecule is CC(C)[C@@H]1COC(=O)N1C(=O)C(C)(/C=C/c1ccc2ccc([C@@H](C)O)cc2c1)CO[Si](C)(C)C(C)(C)C. The summed E-state index contributed by atoms with van der Waals surface area (Å²) in [5, 5.41) is 12.0. The summed E-state index contributed by atoms with van der Waals surface area (Å²) < 4.78 is 11.8. The number of carbonyl (C=O) groups is 2. The van der Waals surface area contributed by atoms with E-state index in [4.69, 9.17) is 9.16 Å². The minimum atomic E-state index is -2.16. The summed E-state index contributed by atoms with van der Waals surface area (Å²) in [6.07, 6.45) is 2.65. The molecule has 3 atom stereocenters. The molecule has 2 aromatic rings. The summed E-state index contributed by atoms with van der Waals surface area (Å²) in [5.41, 5.74) is 0.706. The van der Waals surface area contributed by atoms with Gasteiger partial charge in [-0.25, -0.2) is 9.69 Å². The number of fused-ring (bicyclic) bond motifs is 1. The Morgan fingerprint density at radius 1 is 1.14 bits per heavy atom. The lowest BCUT2D eigenvalue weighted by atomic mass is 9.87. The van der Waals surface area contributed by atoms with E-state index in [0.717, 1.165) is 21.9 Å². The van der Waals surface area contributed by atoms with Gasteiger partial charge < -0.3 is 14.3 Å². The van der Waals surface area contributed by atoms with Crippen LogP contribution < -0.4 is 0 Å². The van der Waals surface area contributed by atoms with Gasteiger partial charge in [-0.2, -0.15) is 0 Å². The van der Waals surface area contributed by atoms with E-state index in [1.807, 2.05) is 69.3 Å². The number of carbonyl (C=O) groups excluding carboxylic acids is 2. The maximum absolute atomic E-state index is 14.0. The largest absolute Gasteiger partial charge is 0.447 e. The zero-order valence-electron chi connectivity index (χ0n) is 23.8. The normalized spacial score (nSPS) is 19.5. The lowest BCUT2D eigenvalue weighted by Gasteiger charge is -2.39. The third kappa shape index (κ3) is 6.33. The van der Waals surface area contributed by atoms with E-state index in [9.17, 15) is 14.7 Å². The standard InChI is InChI=1S/C30H43NO5Si/c1-20(2)26-18-35-28(34)31(26)27(33)30(7,19-36-37(8,9)29(4,5)6)15-14-22-10-11-23-12-13-24(21(3)32)17-25(23)16-22/h10-17,20-21,26,32H,18-19H2,1-9H3/b15-14+/t21-,26+,30?/m1/s1. The van der Waals surface area contributed by atoms with E-state index in [-0.39, 0.29) is 36.1 Å². The van der Waals surface area contributed by atoms with Crippen molar-refractivity contribution in [1.82, 2.24) is 4.90 Å². The summed E-state index contributed by atoms with van der Waals surface area (Å²) in [6, 6.07) is 11.7. The Balaban J connectivity index is 2.00. The highest BCUT2D eigenvalue weighted by Crippen LogP contribution is 2.39. The van der Waals surface area contributed by atoms with Gasteiger partial charge in [-0.05, 0) is 71.9 Å². The third-order valence-corrected chi connectivity index (χ3v) is 12.4. The quantitative estimate of drug-likeness (QED) is 0.378. The van der Waals surface area contributed by atoms with E-state index < -0.39 is 25.9 Å². The Bertz CT molecular complexity index is 1180. The second kappa shape index (κ2) is 10.7. The van der Waals surface area contributed by atoms with Gasteiger partial charge in [-0.3, -0.25) is 4.79 Å². The molecule has 2 aromatic carbocycles. The van der Waals surface area contributed by atoms with Gasteiger partial charge in [0.25, 0.3) is 0 Å². The maximum atomic E-state index is 14.0. The Kier molecular flexibility index (Phi) is 8.42. The zero-order valence-corrected chi connectivity index (χ0v) is 24.8. The fourth-order valence-electron chi connectivity index (χ4n) is 4.09. The molecular weight excluding hydrogens is 482 g/mol. The number of nitrogens with zero attached hydrogens (tertiary/aromatic N) is 1. The van der Waals surface area contributed by atoms with Crippen LogP contribution in [0.5, 0.6) is 0 Å². The Labute approximate surface area is 222 Å². The lowest BCUT2D eigenvalue weighted by molar-refractivity contribution is -0.138. The number of ether oxygens (including phenoxy) is 1. The number of aliphatic hydroxyl groups excluding tert-OH is 1. The van der Waals surface area contributed by atoms with Crippen molar-refractivity contribution in [1.29, 1.82) is 0 Å². The van der Waals surface area contributed by atoms with Crippen molar-refractivity contribution in [2.24, 2.45) is 11.3 Å². The van der Waals surface area contributed by atoms with Crippen LogP contribution in [-0.4, -0.2) is 49.6 Å². The summed E-state index contributed by atoms with van der Waals surface area (Å²) in [6.45, 7) is 18.8. The number of hydrogen-bond donors (Lipinski definition) is 1. The van der Waals surface area contributed by atoms with Crippen molar-refractivity contribution in [3.63, 3.8) is 0 Å². The summed E-state index contributed by atoms with van der Waals surface area (Å²) in [7, 11) is -2.16. The molecule has 1 saturated heterocycles. The van der Waals surface area contributed by atoms with Crippen LogP contribution in [0.2, 0.25) is 18.1 Å². The summed E-state index contributed by atoms with van der Waals surface area (Å²) >= 11 is 0. The molecule has 2 amide bonds. The van der Waals surface area contributed by atoms with Crippen LogP contribution in [0.25, 0.3) is 16.8 Å². The van der Waals surface area contributed by atoms with Crippen molar-refractivity contribution < 1.29 is 23.9 Å². The summed E-state index contributed by atoms with van der Waals surface area (Å²) in [4.78, 5) is 27.9. The number of aliphatic hydroxyl groups is 1. The highest BCUT2D eigenvalue weighted by molar-refractivity contribution is 6.74. The van der Waals surface area contributed by atoms with Crippen molar-refractivity contribution in [2.75, 3.05) is 13.2 Å². The molecule has 0 radical (unpaired) electrons. The molecule has 1 unspecified atom stereocenters. The minimum Gasteiger partial charge on any atom is -0.447 e. The monoisotopic (exact) mass is 525 g/mol. The molecule has 1 N–H and O–H groups in total. The molecule has 1 aliphatic heterocycles. The minimum absolute atomic E-state index is 0.0202. The van der Waals surface area contributed by atoms with E-state index in [1.165, 1.54) is 4.90 Å². The van der Waals surface area contributed by atoms with Gasteiger partial charge in [0.2, 0.25) is 5.91 Å². The predicted molar refractivity (Wildman–Crippen MR) is 152 cm³/mol. The molecule has 1 fully saturated rings. The number of benzene rings is 2. The van der Waals surface area contributed by atoms with Gasteiger partial charge in [0.05, 0.1) is 24.2 Å². The average molecular weight is 526 g/mol. The van der Waals surface area contributed by atoms with E-state index >= 15 is 0 Å². The molecular formula is C30H43NO5Si. The molecule has 1 heterocycles. The molecule has 0 saturated carbocycles. The molecule has 1 aliphatic rings. The Morgan fingerprint density at radius 3 is 2.38 bits per heavy atom. The number of amides is 2. The lowest BCUT2D eigenvalue weighted by Crippen LogP contribution is -2.51. The molecule has 6 nitrogen and oxygen atoms in total. The molecule has 0 aromatic heterocycles. The first-order valence-electron chi connectivity index (χ1n) is 13.1. The Hall–Kier alpha value is -2.48. The molecule has 0 spiro atoms. The van der Waals surface area contributed by atoms with Gasteiger partial charge in [-0.15, -0.1) is 0 Å². The van der Waals surface area contributed by atoms with Crippen molar-refractivity contribution in [3.05, 3.63) is 53.6 Å². The third-order valence-electron chi connectivity index (χ3n) is 7.94. The van der Waals surface area contributed by atoms with Crippen LogP contribution in [0, 0.1) is 11.3 Å². The second-order valence-electron chi connectivity index (χ2n) is 12.4. The Morgan fingerprint density at radius 2 is 1.78 bits per heavy atom. The molecule has 3 rings (SSSR count). The van der Waals surface area contributed by atoms with Gasteiger partial charge >= 0.3 is 6.09 Å². The van der Waals surface area contributed by atoms with Crippen LogP contribution >= 0.6 is 0 Å². The van der Waals surface area contributed by atoms with Gasteiger partial charge in [0, 0.05) is 0 Å². The van der Waals surface area contributed by atoms with E-state index in [1.54, 1.807) is 6.92 Å². The van der Waals surface area contributed by atoms with Gasteiger partial charge in [-0.1, -0.05) is 71.0 Å². The number of cyclic esters (lactones) is 1. The van der Waals surface area contributed by atoms with Gasteiger partial charge in [0.1, 0.15) is 6.61 Å².